The number of thiophene rings is 1. The van der Waals surface area contributed by atoms with E-state index >= 15 is 0 Å². The van der Waals surface area contributed by atoms with Crippen LogP contribution in [0.4, 0.5) is 5.69 Å². The summed E-state index contributed by atoms with van der Waals surface area (Å²) in [5.41, 5.74) is 7.44. The van der Waals surface area contributed by atoms with Crippen molar-refractivity contribution in [2.45, 2.75) is 19.2 Å². The number of aromatic nitrogens is 2. The van der Waals surface area contributed by atoms with Gasteiger partial charge < -0.3 is 10.8 Å². The maximum absolute atomic E-state index is 10.0. The molecule has 1 unspecified atom stereocenters. The third-order valence-corrected chi connectivity index (χ3v) is 4.20. The van der Waals surface area contributed by atoms with E-state index in [1.807, 2.05) is 7.05 Å². The van der Waals surface area contributed by atoms with Crippen LogP contribution in [0.1, 0.15) is 5.56 Å². The molecule has 0 aliphatic rings. The highest BCUT2D eigenvalue weighted by molar-refractivity contribution is 9.11. The summed E-state index contributed by atoms with van der Waals surface area (Å²) in [6.07, 6.45) is 2.84. The van der Waals surface area contributed by atoms with Crippen LogP contribution in [-0.2, 0) is 13.1 Å². The fraction of sp³-hybridized carbons (Fsp3) is 0.417. The molecule has 5 nitrogen and oxygen atoms in total. The maximum atomic E-state index is 10.0. The van der Waals surface area contributed by atoms with Gasteiger partial charge in [-0.3, -0.25) is 9.58 Å². The first-order valence-corrected chi connectivity index (χ1v) is 7.57. The van der Waals surface area contributed by atoms with E-state index in [0.717, 1.165) is 10.3 Å². The molecule has 0 aromatic carbocycles. The summed E-state index contributed by atoms with van der Waals surface area (Å²) >= 11 is 5.12. The molecule has 0 bridgehead atoms. The molecule has 0 aliphatic carbocycles. The summed E-state index contributed by atoms with van der Waals surface area (Å²) in [7, 11) is 1.99. The molecule has 0 amide bonds. The molecule has 104 valence electrons. The van der Waals surface area contributed by atoms with Gasteiger partial charge in [-0.25, -0.2) is 0 Å². The Morgan fingerprint density at radius 2 is 2.42 bits per heavy atom. The van der Waals surface area contributed by atoms with Gasteiger partial charge in [-0.2, -0.15) is 5.10 Å². The Balaban J connectivity index is 1.79. The minimum Gasteiger partial charge on any atom is -0.396 e. The number of nitrogen functional groups attached to an aromatic ring is 1. The highest BCUT2D eigenvalue weighted by atomic mass is 79.9. The molecule has 3 N–H and O–H groups in total. The zero-order chi connectivity index (χ0) is 13.8. The lowest BCUT2D eigenvalue weighted by Gasteiger charge is -2.20. The largest absolute Gasteiger partial charge is 0.396 e. The molecule has 0 saturated carbocycles. The predicted octanol–water partition coefficient (Wildman–Crippen LogP) is 1.78. The Hall–Kier alpha value is -0.890. The lowest BCUT2D eigenvalue weighted by atomic mass is 10.3. The number of nitrogens with zero attached hydrogens (tertiary/aromatic N) is 3. The molecular weight excluding hydrogens is 328 g/mol. The quantitative estimate of drug-likeness (QED) is 0.838. The van der Waals surface area contributed by atoms with Gasteiger partial charge in [-0.1, -0.05) is 0 Å². The Morgan fingerprint density at radius 3 is 3.00 bits per heavy atom. The molecule has 0 fully saturated rings. The molecule has 0 saturated heterocycles. The summed E-state index contributed by atoms with van der Waals surface area (Å²) in [5, 5.41) is 16.2. The SMILES string of the molecule is CN(Cc1csc(Br)c1)CC(O)Cn1cc(N)cn1. The minimum absolute atomic E-state index is 0.453. The van der Waals surface area contributed by atoms with Crippen molar-refractivity contribution in [3.8, 4) is 0 Å². The van der Waals surface area contributed by atoms with Crippen molar-refractivity contribution in [2.24, 2.45) is 0 Å². The van der Waals surface area contributed by atoms with Crippen LogP contribution in [0.3, 0.4) is 0 Å². The van der Waals surface area contributed by atoms with Crippen molar-refractivity contribution in [1.29, 1.82) is 0 Å². The molecule has 2 aromatic heterocycles. The zero-order valence-electron chi connectivity index (χ0n) is 10.7. The van der Waals surface area contributed by atoms with Crippen molar-refractivity contribution >= 4 is 33.0 Å². The molecular formula is C12H17BrN4OS. The highest BCUT2D eigenvalue weighted by Crippen LogP contribution is 2.21. The zero-order valence-corrected chi connectivity index (χ0v) is 13.1. The first kappa shape index (κ1) is 14.5. The van der Waals surface area contributed by atoms with E-state index in [4.69, 9.17) is 5.73 Å². The third kappa shape index (κ3) is 4.61. The second-order valence-electron chi connectivity index (χ2n) is 4.61. The standard InChI is InChI=1S/C12H17BrN4OS/c1-16(4-9-2-12(13)19-8-9)6-11(18)7-17-5-10(14)3-15-17/h2-3,5,8,11,18H,4,6-7,14H2,1H3. The van der Waals surface area contributed by atoms with Gasteiger partial charge >= 0.3 is 0 Å². The molecule has 1 atom stereocenters. The van der Waals surface area contributed by atoms with Gasteiger partial charge in [-0.15, -0.1) is 11.3 Å². The van der Waals surface area contributed by atoms with Crippen LogP contribution in [0, 0.1) is 0 Å². The van der Waals surface area contributed by atoms with Gasteiger partial charge in [0.25, 0.3) is 0 Å². The number of anilines is 1. The molecule has 0 spiro atoms. The fourth-order valence-electron chi connectivity index (χ4n) is 1.92. The van der Waals surface area contributed by atoms with Crippen molar-refractivity contribution in [2.75, 3.05) is 19.3 Å². The van der Waals surface area contributed by atoms with E-state index in [1.54, 1.807) is 28.4 Å². The van der Waals surface area contributed by atoms with Crippen LogP contribution in [0.5, 0.6) is 0 Å². The molecule has 19 heavy (non-hydrogen) atoms. The van der Waals surface area contributed by atoms with Gasteiger partial charge in [0.05, 0.1) is 28.3 Å². The predicted molar refractivity (Wildman–Crippen MR) is 81.0 cm³/mol. The van der Waals surface area contributed by atoms with E-state index in [9.17, 15) is 5.11 Å². The molecule has 7 heteroatoms. The van der Waals surface area contributed by atoms with Gasteiger partial charge in [0, 0.05) is 19.3 Å². The van der Waals surface area contributed by atoms with E-state index in [-0.39, 0.29) is 0 Å². The van der Waals surface area contributed by atoms with Gasteiger partial charge in [0.15, 0.2) is 0 Å². The van der Waals surface area contributed by atoms with Crippen LogP contribution < -0.4 is 5.73 Å². The summed E-state index contributed by atoms with van der Waals surface area (Å²) in [6.45, 7) is 1.86. The van der Waals surface area contributed by atoms with E-state index in [2.05, 4.69) is 37.4 Å². The smallest absolute Gasteiger partial charge is 0.0862 e. The number of halogens is 1. The Kier molecular flexibility index (Phi) is 4.98. The van der Waals surface area contributed by atoms with Crippen LogP contribution >= 0.6 is 27.3 Å². The second-order valence-corrected chi connectivity index (χ2v) is 6.90. The van der Waals surface area contributed by atoms with E-state index in [1.165, 1.54) is 5.56 Å². The van der Waals surface area contributed by atoms with E-state index < -0.39 is 6.10 Å². The topological polar surface area (TPSA) is 67.3 Å². The third-order valence-electron chi connectivity index (χ3n) is 2.65. The Bertz CT molecular complexity index is 481. The van der Waals surface area contributed by atoms with Crippen molar-refractivity contribution in [3.63, 3.8) is 0 Å². The first-order chi connectivity index (χ1) is 9.02. The van der Waals surface area contributed by atoms with Gasteiger partial charge in [0.1, 0.15) is 0 Å². The number of aliphatic hydroxyl groups is 1. The van der Waals surface area contributed by atoms with Crippen LogP contribution in [-0.4, -0.2) is 39.5 Å². The lowest BCUT2D eigenvalue weighted by Crippen LogP contribution is -2.31. The number of aliphatic hydroxyl groups excluding tert-OH is 1. The van der Waals surface area contributed by atoms with Gasteiger partial charge in [-0.05, 0) is 40.0 Å². The summed E-state index contributed by atoms with van der Waals surface area (Å²) < 4.78 is 2.79. The van der Waals surface area contributed by atoms with Crippen molar-refractivity contribution in [3.05, 3.63) is 33.2 Å². The highest BCUT2D eigenvalue weighted by Gasteiger charge is 2.10. The Labute approximate surface area is 124 Å². The molecule has 2 aromatic rings. The number of hydrogen-bond donors (Lipinski definition) is 2. The van der Waals surface area contributed by atoms with Crippen LogP contribution in [0.15, 0.2) is 27.6 Å². The molecule has 0 aliphatic heterocycles. The minimum atomic E-state index is -0.466. The normalized spacial score (nSPS) is 13.1. The average molecular weight is 345 g/mol. The number of likely N-dealkylation sites (N-methyl/N-ethyl adjacent to an activating group) is 1. The van der Waals surface area contributed by atoms with Crippen LogP contribution in [0.25, 0.3) is 0 Å². The number of rotatable bonds is 6. The van der Waals surface area contributed by atoms with Crippen LogP contribution in [0.2, 0.25) is 0 Å². The number of hydrogen-bond acceptors (Lipinski definition) is 5. The first-order valence-electron chi connectivity index (χ1n) is 5.90. The summed E-state index contributed by atoms with van der Waals surface area (Å²) in [4.78, 5) is 2.09. The maximum Gasteiger partial charge on any atom is 0.0862 e. The molecule has 2 rings (SSSR count). The fourth-order valence-corrected chi connectivity index (χ4v) is 3.12. The Morgan fingerprint density at radius 1 is 1.63 bits per heavy atom. The van der Waals surface area contributed by atoms with E-state index in [0.29, 0.717) is 18.8 Å². The van der Waals surface area contributed by atoms with Crippen molar-refractivity contribution < 1.29 is 5.11 Å². The average Bonchev–Trinajstić information content (AvgIpc) is 2.87. The second kappa shape index (κ2) is 6.51. The van der Waals surface area contributed by atoms with Gasteiger partial charge in [0.2, 0.25) is 0 Å². The molecule has 2 heterocycles. The summed E-state index contributed by atoms with van der Waals surface area (Å²) in [5.74, 6) is 0. The monoisotopic (exact) mass is 344 g/mol. The lowest BCUT2D eigenvalue weighted by molar-refractivity contribution is 0.104. The molecule has 0 radical (unpaired) electrons. The van der Waals surface area contributed by atoms with Crippen molar-refractivity contribution in [1.82, 2.24) is 14.7 Å². The number of nitrogens with two attached hydrogens (primary N) is 1. The summed E-state index contributed by atoms with van der Waals surface area (Å²) in [6, 6.07) is 2.10.